The molecule has 0 spiro atoms. The van der Waals surface area contributed by atoms with E-state index in [1.54, 1.807) is 0 Å². The molecule has 0 aromatic rings. The third-order valence-electron chi connectivity index (χ3n) is 2.46. The highest BCUT2D eigenvalue weighted by Crippen LogP contribution is 2.29. The molecule has 0 aromatic carbocycles. The Hall–Kier alpha value is -0.570. The summed E-state index contributed by atoms with van der Waals surface area (Å²) < 4.78 is 0. The maximum atomic E-state index is 10.4. The first kappa shape index (κ1) is 13.4. The fourth-order valence-corrected chi connectivity index (χ4v) is 1.76. The summed E-state index contributed by atoms with van der Waals surface area (Å²) in [5, 5.41) is 8.58. The highest BCUT2D eigenvalue weighted by Gasteiger charge is 2.21. The lowest BCUT2D eigenvalue weighted by molar-refractivity contribution is -0.137. The van der Waals surface area contributed by atoms with Gasteiger partial charge in [-0.05, 0) is 18.3 Å². The van der Waals surface area contributed by atoms with Crippen LogP contribution in [-0.2, 0) is 4.79 Å². The van der Waals surface area contributed by atoms with Crippen LogP contribution in [0.25, 0.3) is 0 Å². The Morgan fingerprint density at radius 3 is 2.50 bits per heavy atom. The number of carboxylic acids is 1. The van der Waals surface area contributed by atoms with Crippen molar-refractivity contribution >= 4 is 5.97 Å². The molecule has 0 heterocycles. The Morgan fingerprint density at radius 2 is 2.07 bits per heavy atom. The first-order chi connectivity index (χ1) is 6.37. The van der Waals surface area contributed by atoms with Crippen LogP contribution in [0.1, 0.15) is 52.9 Å². The predicted octanol–water partition coefficient (Wildman–Crippen LogP) is 2.39. The highest BCUT2D eigenvalue weighted by atomic mass is 16.4. The Bertz CT molecular complexity index is 178. The molecule has 0 saturated carbocycles. The van der Waals surface area contributed by atoms with Crippen LogP contribution >= 0.6 is 0 Å². The molecule has 0 aliphatic heterocycles. The van der Waals surface area contributed by atoms with Crippen LogP contribution < -0.4 is 5.73 Å². The Labute approximate surface area is 86.7 Å². The molecule has 0 amide bonds. The van der Waals surface area contributed by atoms with Crippen molar-refractivity contribution in [3.63, 3.8) is 0 Å². The molecule has 3 heteroatoms. The van der Waals surface area contributed by atoms with E-state index in [-0.39, 0.29) is 17.9 Å². The number of nitrogens with two attached hydrogens (primary N) is 1. The summed E-state index contributed by atoms with van der Waals surface area (Å²) in [5.74, 6) is -0.802. The fourth-order valence-electron chi connectivity index (χ4n) is 1.76. The number of rotatable bonds is 7. The van der Waals surface area contributed by atoms with Crippen molar-refractivity contribution in [3.8, 4) is 0 Å². The van der Waals surface area contributed by atoms with Gasteiger partial charge >= 0.3 is 5.97 Å². The van der Waals surface area contributed by atoms with E-state index in [1.807, 2.05) is 0 Å². The Morgan fingerprint density at radius 1 is 1.50 bits per heavy atom. The number of carbonyl (C=O) groups is 1. The van der Waals surface area contributed by atoms with Crippen LogP contribution in [0.15, 0.2) is 0 Å². The molecular weight excluding hydrogens is 178 g/mol. The van der Waals surface area contributed by atoms with Crippen molar-refractivity contribution < 1.29 is 9.90 Å². The largest absolute Gasteiger partial charge is 0.481 e. The molecule has 3 nitrogen and oxygen atoms in total. The molecule has 0 aliphatic rings. The van der Waals surface area contributed by atoms with Gasteiger partial charge in [-0.25, -0.2) is 0 Å². The van der Waals surface area contributed by atoms with Crippen LogP contribution in [0.5, 0.6) is 0 Å². The molecule has 3 N–H and O–H groups in total. The molecule has 14 heavy (non-hydrogen) atoms. The summed E-state index contributed by atoms with van der Waals surface area (Å²) >= 11 is 0. The minimum Gasteiger partial charge on any atom is -0.481 e. The van der Waals surface area contributed by atoms with E-state index in [0.717, 1.165) is 12.8 Å². The maximum absolute atomic E-state index is 10.4. The second-order valence-corrected chi connectivity index (χ2v) is 4.83. The van der Waals surface area contributed by atoms with Crippen molar-refractivity contribution in [2.75, 3.05) is 0 Å². The van der Waals surface area contributed by atoms with E-state index >= 15 is 0 Å². The average molecular weight is 201 g/mol. The van der Waals surface area contributed by atoms with Crippen molar-refractivity contribution in [1.82, 2.24) is 0 Å². The second kappa shape index (κ2) is 6.02. The van der Waals surface area contributed by atoms with Crippen LogP contribution in [-0.4, -0.2) is 17.1 Å². The standard InChI is InChI=1S/C11H23NO2/c1-4-5-6-11(2,3)8-9(12)7-10(13)14/h9H,4-8,12H2,1-3H3,(H,13,14)/t9-/m1/s1. The minimum absolute atomic E-state index is 0.0789. The minimum atomic E-state index is -0.802. The lowest BCUT2D eigenvalue weighted by atomic mass is 9.81. The van der Waals surface area contributed by atoms with Crippen molar-refractivity contribution in [2.24, 2.45) is 11.1 Å². The summed E-state index contributed by atoms with van der Waals surface area (Å²) in [6.07, 6.45) is 4.36. The van der Waals surface area contributed by atoms with Gasteiger partial charge in [0.05, 0.1) is 6.42 Å². The molecule has 84 valence electrons. The number of aliphatic carboxylic acids is 1. The molecule has 0 fully saturated rings. The van der Waals surface area contributed by atoms with Crippen molar-refractivity contribution in [1.29, 1.82) is 0 Å². The Kier molecular flexibility index (Phi) is 5.77. The summed E-state index contributed by atoms with van der Waals surface area (Å²) in [6.45, 7) is 6.47. The van der Waals surface area contributed by atoms with Crippen LogP contribution in [0.2, 0.25) is 0 Å². The first-order valence-electron chi connectivity index (χ1n) is 5.35. The summed E-state index contributed by atoms with van der Waals surface area (Å²) in [6, 6.07) is -0.209. The average Bonchev–Trinajstić information content (AvgIpc) is 1.98. The molecule has 0 aliphatic carbocycles. The van der Waals surface area contributed by atoms with Crippen LogP contribution in [0, 0.1) is 5.41 Å². The SMILES string of the molecule is CCCCC(C)(C)C[C@H](N)CC(=O)O. The molecule has 0 bridgehead atoms. The van der Waals surface area contributed by atoms with Crippen LogP contribution in [0.4, 0.5) is 0 Å². The van der Waals surface area contributed by atoms with Crippen molar-refractivity contribution in [2.45, 2.75) is 58.9 Å². The van der Waals surface area contributed by atoms with E-state index in [2.05, 4.69) is 20.8 Å². The summed E-state index contributed by atoms with van der Waals surface area (Å²) in [4.78, 5) is 10.4. The van der Waals surface area contributed by atoms with E-state index in [1.165, 1.54) is 12.8 Å². The third-order valence-corrected chi connectivity index (χ3v) is 2.46. The second-order valence-electron chi connectivity index (χ2n) is 4.83. The van der Waals surface area contributed by atoms with Gasteiger partial charge < -0.3 is 10.8 Å². The summed E-state index contributed by atoms with van der Waals surface area (Å²) in [7, 11) is 0. The molecular formula is C11H23NO2. The number of carboxylic acid groups (broad SMARTS) is 1. The molecule has 0 radical (unpaired) electrons. The first-order valence-corrected chi connectivity index (χ1v) is 5.35. The number of unbranched alkanes of at least 4 members (excludes halogenated alkanes) is 1. The number of hydrogen-bond donors (Lipinski definition) is 2. The van der Waals surface area contributed by atoms with E-state index in [0.29, 0.717) is 0 Å². The van der Waals surface area contributed by atoms with Gasteiger partial charge in [0.15, 0.2) is 0 Å². The molecule has 1 atom stereocenters. The lowest BCUT2D eigenvalue weighted by Gasteiger charge is -2.27. The molecule has 0 rings (SSSR count). The molecule has 0 saturated heterocycles. The van der Waals surface area contributed by atoms with Gasteiger partial charge in [-0.15, -0.1) is 0 Å². The van der Waals surface area contributed by atoms with Gasteiger partial charge in [-0.2, -0.15) is 0 Å². The van der Waals surface area contributed by atoms with Gasteiger partial charge in [0.1, 0.15) is 0 Å². The third kappa shape index (κ3) is 6.89. The number of hydrogen-bond acceptors (Lipinski definition) is 2. The van der Waals surface area contributed by atoms with Crippen LogP contribution in [0.3, 0.4) is 0 Å². The highest BCUT2D eigenvalue weighted by molar-refractivity contribution is 5.67. The zero-order valence-corrected chi connectivity index (χ0v) is 9.55. The fraction of sp³-hybridized carbons (Fsp3) is 0.909. The van der Waals surface area contributed by atoms with Gasteiger partial charge in [0.25, 0.3) is 0 Å². The maximum Gasteiger partial charge on any atom is 0.304 e. The van der Waals surface area contributed by atoms with E-state index in [9.17, 15) is 4.79 Å². The molecule has 0 unspecified atom stereocenters. The lowest BCUT2D eigenvalue weighted by Crippen LogP contribution is -2.30. The normalized spacial score (nSPS) is 14.0. The topological polar surface area (TPSA) is 63.3 Å². The van der Waals surface area contributed by atoms with Crippen molar-refractivity contribution in [3.05, 3.63) is 0 Å². The van der Waals surface area contributed by atoms with Gasteiger partial charge in [-0.3, -0.25) is 4.79 Å². The van der Waals surface area contributed by atoms with Gasteiger partial charge in [-0.1, -0.05) is 33.6 Å². The van der Waals surface area contributed by atoms with Gasteiger partial charge in [0.2, 0.25) is 0 Å². The quantitative estimate of drug-likeness (QED) is 0.664. The smallest absolute Gasteiger partial charge is 0.304 e. The zero-order chi connectivity index (χ0) is 11.2. The Balaban J connectivity index is 3.87. The van der Waals surface area contributed by atoms with Gasteiger partial charge in [0, 0.05) is 6.04 Å². The molecule has 0 aromatic heterocycles. The summed E-state index contributed by atoms with van der Waals surface area (Å²) in [5.41, 5.74) is 5.92. The zero-order valence-electron chi connectivity index (χ0n) is 9.55. The van der Waals surface area contributed by atoms with E-state index < -0.39 is 5.97 Å². The van der Waals surface area contributed by atoms with E-state index in [4.69, 9.17) is 10.8 Å². The monoisotopic (exact) mass is 201 g/mol. The predicted molar refractivity (Wildman–Crippen MR) is 58.2 cm³/mol.